The fraction of sp³-hybridized carbons (Fsp3) is 0.458. The number of nitrogens with zero attached hydrogens (tertiary/aromatic N) is 1. The lowest BCUT2D eigenvalue weighted by Crippen LogP contribution is -2.46. The molecule has 34 heavy (non-hydrogen) atoms. The zero-order valence-corrected chi connectivity index (χ0v) is 20.8. The highest BCUT2D eigenvalue weighted by atomic mass is 32.1. The van der Waals surface area contributed by atoms with E-state index in [4.69, 9.17) is 15.2 Å². The first-order valence-corrected chi connectivity index (χ1v) is 12.0. The van der Waals surface area contributed by atoms with E-state index in [2.05, 4.69) is 10.6 Å². The van der Waals surface area contributed by atoms with Crippen LogP contribution < -0.4 is 21.1 Å². The van der Waals surface area contributed by atoms with E-state index in [9.17, 15) is 14.4 Å². The van der Waals surface area contributed by atoms with Crippen LogP contribution in [0, 0.1) is 0 Å². The van der Waals surface area contributed by atoms with Crippen molar-refractivity contribution in [2.75, 3.05) is 25.5 Å². The van der Waals surface area contributed by atoms with Gasteiger partial charge in [-0.2, -0.15) is 0 Å². The van der Waals surface area contributed by atoms with Gasteiger partial charge in [0.05, 0.1) is 12.7 Å². The number of likely N-dealkylation sites (tertiary alicyclic amines) is 1. The van der Waals surface area contributed by atoms with E-state index >= 15 is 0 Å². The molecule has 1 aliphatic rings. The molecule has 1 saturated heterocycles. The number of hydrogen-bond donors (Lipinski definition) is 3. The molecule has 2 aromatic rings. The van der Waals surface area contributed by atoms with Crippen molar-refractivity contribution < 1.29 is 23.9 Å². The van der Waals surface area contributed by atoms with Crippen LogP contribution in [0.15, 0.2) is 30.3 Å². The van der Waals surface area contributed by atoms with Crippen molar-refractivity contribution in [1.29, 1.82) is 0 Å². The molecule has 4 amide bonds. The molecule has 1 aliphatic heterocycles. The average Bonchev–Trinajstić information content (AvgIpc) is 3.02. The largest absolute Gasteiger partial charge is 0.497 e. The number of rotatable bonds is 5. The normalized spacial score (nSPS) is 16.4. The Morgan fingerprint density at radius 1 is 1.18 bits per heavy atom. The number of carbonyl (C=O) groups is 3. The average molecular weight is 489 g/mol. The number of thiophene rings is 1. The van der Waals surface area contributed by atoms with Gasteiger partial charge < -0.3 is 25.4 Å². The Morgan fingerprint density at radius 3 is 2.62 bits per heavy atom. The molecule has 1 aromatic carbocycles. The van der Waals surface area contributed by atoms with Crippen LogP contribution in [-0.2, 0) is 4.74 Å². The van der Waals surface area contributed by atoms with E-state index in [1.54, 1.807) is 18.1 Å². The van der Waals surface area contributed by atoms with Gasteiger partial charge in [0.2, 0.25) is 0 Å². The summed E-state index contributed by atoms with van der Waals surface area (Å²) >= 11 is 1.25. The molecule has 0 unspecified atom stereocenters. The second kappa shape index (κ2) is 10.8. The molecule has 4 N–H and O–H groups in total. The molecule has 184 valence electrons. The maximum Gasteiger partial charge on any atom is 0.410 e. The van der Waals surface area contributed by atoms with Crippen molar-refractivity contribution in [3.05, 3.63) is 35.9 Å². The number of carbonyl (C=O) groups excluding carboxylic acids is 3. The number of nitrogens with one attached hydrogen (secondary N) is 2. The molecule has 2 heterocycles. The van der Waals surface area contributed by atoms with Crippen LogP contribution in [0.4, 0.5) is 14.6 Å². The Morgan fingerprint density at radius 2 is 1.94 bits per heavy atom. The third-order valence-electron chi connectivity index (χ3n) is 5.23. The van der Waals surface area contributed by atoms with Crippen LogP contribution in [0.2, 0.25) is 0 Å². The minimum Gasteiger partial charge on any atom is -0.497 e. The number of primary amides is 1. The predicted molar refractivity (Wildman–Crippen MR) is 132 cm³/mol. The van der Waals surface area contributed by atoms with Crippen LogP contribution >= 0.6 is 11.3 Å². The zero-order chi connectivity index (χ0) is 24.9. The molecular weight excluding hydrogens is 456 g/mol. The van der Waals surface area contributed by atoms with E-state index < -0.39 is 11.6 Å². The first-order valence-electron chi connectivity index (χ1n) is 11.2. The summed E-state index contributed by atoms with van der Waals surface area (Å²) in [5, 5.41) is 5.94. The fourth-order valence-corrected chi connectivity index (χ4v) is 4.75. The molecular formula is C24H32N4O5S. The van der Waals surface area contributed by atoms with Crippen molar-refractivity contribution in [3.8, 4) is 16.2 Å². The maximum absolute atomic E-state index is 13.2. The van der Waals surface area contributed by atoms with Gasteiger partial charge in [-0.25, -0.2) is 9.59 Å². The monoisotopic (exact) mass is 488 g/mol. The Balaban J connectivity index is 1.80. The lowest BCUT2D eigenvalue weighted by Gasteiger charge is -2.28. The summed E-state index contributed by atoms with van der Waals surface area (Å²) in [6, 6.07) is 8.16. The third-order valence-corrected chi connectivity index (χ3v) is 6.33. The third kappa shape index (κ3) is 6.86. The van der Waals surface area contributed by atoms with Crippen molar-refractivity contribution >= 4 is 34.4 Å². The molecule has 0 aliphatic carbocycles. The molecule has 0 spiro atoms. The molecule has 1 aromatic heterocycles. The molecule has 0 saturated carbocycles. The zero-order valence-electron chi connectivity index (χ0n) is 20.0. The maximum atomic E-state index is 13.2. The lowest BCUT2D eigenvalue weighted by atomic mass is 10.1. The van der Waals surface area contributed by atoms with E-state index in [-0.39, 0.29) is 18.0 Å². The molecule has 0 radical (unpaired) electrons. The van der Waals surface area contributed by atoms with E-state index in [1.807, 2.05) is 45.0 Å². The van der Waals surface area contributed by atoms with Gasteiger partial charge in [-0.3, -0.25) is 10.1 Å². The Bertz CT molecular complexity index is 1050. The standard InChI is InChI=1S/C24H32N4O5S/c1-24(2,3)33-23(31)28-11-6-5-9-16(14-28)26-20(29)18-13-19(34-21(18)27-22(25)30)15-8-7-10-17(12-15)32-4/h7-8,10,12-13,16H,5-6,9,11,14H2,1-4H3,(H,26,29)(H3,25,27,30)/t16-/m0/s1. The molecule has 0 bridgehead atoms. The molecule has 1 fully saturated rings. The summed E-state index contributed by atoms with van der Waals surface area (Å²) in [5.41, 5.74) is 5.91. The highest BCUT2D eigenvalue weighted by Gasteiger charge is 2.28. The quantitative estimate of drug-likeness (QED) is 0.574. The van der Waals surface area contributed by atoms with Crippen molar-refractivity contribution in [2.24, 2.45) is 5.73 Å². The number of amides is 4. The topological polar surface area (TPSA) is 123 Å². The summed E-state index contributed by atoms with van der Waals surface area (Å²) in [6.07, 6.45) is 2.05. The second-order valence-corrected chi connectivity index (χ2v) is 10.2. The Hall–Kier alpha value is -3.27. The SMILES string of the molecule is COc1cccc(-c2cc(C(=O)N[C@H]3CCCCN(C(=O)OC(C)(C)C)C3)c(NC(N)=O)s2)c1. The van der Waals surface area contributed by atoms with E-state index in [0.29, 0.717) is 29.4 Å². The van der Waals surface area contributed by atoms with E-state index in [1.165, 1.54) is 11.3 Å². The van der Waals surface area contributed by atoms with Gasteiger partial charge in [0.25, 0.3) is 5.91 Å². The van der Waals surface area contributed by atoms with Gasteiger partial charge in [0, 0.05) is 24.0 Å². The van der Waals surface area contributed by atoms with Gasteiger partial charge >= 0.3 is 12.1 Å². The van der Waals surface area contributed by atoms with Gasteiger partial charge in [-0.05, 0) is 63.8 Å². The number of benzene rings is 1. The van der Waals surface area contributed by atoms with Crippen LogP contribution in [0.1, 0.15) is 50.4 Å². The van der Waals surface area contributed by atoms with Crippen LogP contribution in [0.25, 0.3) is 10.4 Å². The van der Waals surface area contributed by atoms with Crippen molar-refractivity contribution in [2.45, 2.75) is 51.7 Å². The summed E-state index contributed by atoms with van der Waals surface area (Å²) in [4.78, 5) is 39.8. The molecule has 1 atom stereocenters. The summed E-state index contributed by atoms with van der Waals surface area (Å²) in [5.74, 6) is 0.340. The van der Waals surface area contributed by atoms with Crippen molar-refractivity contribution in [1.82, 2.24) is 10.2 Å². The van der Waals surface area contributed by atoms with Gasteiger partial charge in [-0.15, -0.1) is 11.3 Å². The van der Waals surface area contributed by atoms with Crippen LogP contribution in [-0.4, -0.2) is 54.8 Å². The molecule has 10 heteroatoms. The smallest absolute Gasteiger partial charge is 0.410 e. The van der Waals surface area contributed by atoms with Gasteiger partial charge in [-0.1, -0.05) is 12.1 Å². The number of nitrogens with two attached hydrogens (primary N) is 1. The second-order valence-electron chi connectivity index (χ2n) is 9.17. The van der Waals surface area contributed by atoms with Crippen LogP contribution in [0.3, 0.4) is 0 Å². The first-order chi connectivity index (χ1) is 16.1. The minimum atomic E-state index is -0.751. The van der Waals surface area contributed by atoms with Crippen molar-refractivity contribution in [3.63, 3.8) is 0 Å². The van der Waals surface area contributed by atoms with Crippen LogP contribution in [0.5, 0.6) is 5.75 Å². The van der Waals surface area contributed by atoms with Gasteiger partial charge in [0.1, 0.15) is 16.4 Å². The highest BCUT2D eigenvalue weighted by Crippen LogP contribution is 2.36. The van der Waals surface area contributed by atoms with E-state index in [0.717, 1.165) is 29.7 Å². The Kier molecular flexibility index (Phi) is 8.03. The first kappa shape index (κ1) is 25.4. The number of anilines is 1. The number of ether oxygens (including phenoxy) is 2. The number of hydrogen-bond acceptors (Lipinski definition) is 6. The Labute approximate surface area is 203 Å². The minimum absolute atomic E-state index is 0.246. The number of urea groups is 1. The summed E-state index contributed by atoms with van der Waals surface area (Å²) in [6.45, 7) is 6.41. The summed E-state index contributed by atoms with van der Waals surface area (Å²) in [7, 11) is 1.58. The molecule has 9 nitrogen and oxygen atoms in total. The lowest BCUT2D eigenvalue weighted by molar-refractivity contribution is 0.0242. The summed E-state index contributed by atoms with van der Waals surface area (Å²) < 4.78 is 10.8. The fourth-order valence-electron chi connectivity index (χ4n) is 3.70. The molecule has 3 rings (SSSR count). The number of methoxy groups -OCH3 is 1. The van der Waals surface area contributed by atoms with Gasteiger partial charge in [0.15, 0.2) is 0 Å². The highest BCUT2D eigenvalue weighted by molar-refractivity contribution is 7.20. The predicted octanol–water partition coefficient (Wildman–Crippen LogP) is 4.43.